The maximum atomic E-state index is 14.7. The van der Waals surface area contributed by atoms with Gasteiger partial charge in [0.2, 0.25) is 5.91 Å². The summed E-state index contributed by atoms with van der Waals surface area (Å²) < 4.78 is 14.7. The van der Waals surface area contributed by atoms with Gasteiger partial charge in [-0.3, -0.25) is 14.4 Å². The normalized spacial score (nSPS) is 11.8. The van der Waals surface area contributed by atoms with Gasteiger partial charge < -0.3 is 16.0 Å². The number of hydrogen-bond donors (Lipinski definition) is 3. The lowest BCUT2D eigenvalue weighted by Gasteiger charge is -2.18. The first-order chi connectivity index (χ1) is 23.9. The Morgan fingerprint density at radius 1 is 0.694 bits per heavy atom. The number of fused-ring (bicyclic) bond motifs is 1. The number of hydrogen-bond acceptors (Lipinski definition) is 4. The minimum absolute atomic E-state index is 0.0387. The van der Waals surface area contributed by atoms with Gasteiger partial charge in [0.1, 0.15) is 16.8 Å². The lowest BCUT2D eigenvalue weighted by Crippen LogP contribution is -2.30. The van der Waals surface area contributed by atoms with Crippen LogP contribution >= 0.6 is 23.4 Å². The van der Waals surface area contributed by atoms with Gasteiger partial charge in [-0.1, -0.05) is 103 Å². The number of halogens is 2. The first-order valence-electron chi connectivity index (χ1n) is 15.3. The van der Waals surface area contributed by atoms with Crippen molar-refractivity contribution in [3.8, 4) is 0 Å². The zero-order valence-electron chi connectivity index (χ0n) is 25.9. The molecule has 6 aromatic carbocycles. The van der Waals surface area contributed by atoms with Crippen LogP contribution in [0, 0.1) is 5.82 Å². The lowest BCUT2D eigenvalue weighted by molar-refractivity contribution is -0.116. The monoisotopic (exact) mass is 685 g/mol. The third-order valence-corrected chi connectivity index (χ3v) is 9.17. The van der Waals surface area contributed by atoms with E-state index in [1.807, 2.05) is 72.8 Å². The molecule has 6 nitrogen and oxygen atoms in total. The van der Waals surface area contributed by atoms with Crippen molar-refractivity contribution in [2.24, 2.45) is 0 Å². The fraction of sp³-hybridized carbons (Fsp3) is 0.0250. The smallest absolute Gasteiger partial charge is 0.272 e. The van der Waals surface area contributed by atoms with Gasteiger partial charge in [-0.2, -0.15) is 0 Å². The van der Waals surface area contributed by atoms with Crippen LogP contribution in [0.3, 0.4) is 0 Å². The molecule has 0 saturated heterocycles. The van der Waals surface area contributed by atoms with Crippen LogP contribution in [0.25, 0.3) is 16.8 Å². The highest BCUT2D eigenvalue weighted by Gasteiger charge is 2.23. The van der Waals surface area contributed by atoms with Crippen molar-refractivity contribution >= 4 is 69.3 Å². The van der Waals surface area contributed by atoms with Gasteiger partial charge in [-0.05, 0) is 71.6 Å². The third kappa shape index (κ3) is 8.24. The highest BCUT2D eigenvalue weighted by atomic mass is 35.5. The van der Waals surface area contributed by atoms with Crippen molar-refractivity contribution < 1.29 is 18.8 Å². The Bertz CT molecular complexity index is 2130. The minimum atomic E-state index is -0.680. The number of rotatable bonds is 10. The summed E-state index contributed by atoms with van der Waals surface area (Å²) in [5.41, 5.74) is 2.06. The Labute approximate surface area is 292 Å². The second-order valence-corrected chi connectivity index (χ2v) is 12.5. The molecule has 0 heterocycles. The van der Waals surface area contributed by atoms with Crippen LogP contribution in [0.4, 0.5) is 15.8 Å². The van der Waals surface area contributed by atoms with E-state index in [0.29, 0.717) is 11.3 Å². The Balaban J connectivity index is 1.21. The number of amides is 3. The van der Waals surface area contributed by atoms with E-state index in [9.17, 15) is 18.8 Å². The summed E-state index contributed by atoms with van der Waals surface area (Å²) in [7, 11) is 0. The molecule has 1 atom stereocenters. The molecule has 3 N–H and O–H groups in total. The van der Waals surface area contributed by atoms with Crippen LogP contribution in [0.5, 0.6) is 0 Å². The summed E-state index contributed by atoms with van der Waals surface area (Å²) in [6.45, 7) is 0. The quantitative estimate of drug-likeness (QED) is 0.0990. The van der Waals surface area contributed by atoms with E-state index in [1.54, 1.807) is 54.6 Å². The van der Waals surface area contributed by atoms with Gasteiger partial charge in [0, 0.05) is 32.8 Å². The van der Waals surface area contributed by atoms with Gasteiger partial charge in [-0.25, -0.2) is 4.39 Å². The molecule has 242 valence electrons. The zero-order chi connectivity index (χ0) is 34.2. The van der Waals surface area contributed by atoms with Gasteiger partial charge in [0.25, 0.3) is 11.8 Å². The summed E-state index contributed by atoms with van der Waals surface area (Å²) in [5, 5.41) is 9.95. The first-order valence-corrected chi connectivity index (χ1v) is 16.6. The molecule has 0 bridgehead atoms. The largest absolute Gasteiger partial charge is 0.324 e. The minimum Gasteiger partial charge on any atom is -0.324 e. The molecule has 0 saturated carbocycles. The molecule has 9 heteroatoms. The number of anilines is 2. The van der Waals surface area contributed by atoms with E-state index in [4.69, 9.17) is 11.6 Å². The number of carbonyl (C=O) groups is 3. The summed E-state index contributed by atoms with van der Waals surface area (Å²) >= 11 is 7.60. The molecule has 0 aliphatic rings. The maximum Gasteiger partial charge on any atom is 0.272 e. The van der Waals surface area contributed by atoms with Crippen molar-refractivity contribution in [2.45, 2.75) is 10.1 Å². The number of benzene rings is 6. The van der Waals surface area contributed by atoms with Crippen LogP contribution in [0.2, 0.25) is 5.02 Å². The predicted molar refractivity (Wildman–Crippen MR) is 196 cm³/mol. The van der Waals surface area contributed by atoms with E-state index >= 15 is 0 Å². The van der Waals surface area contributed by atoms with Gasteiger partial charge >= 0.3 is 0 Å². The van der Waals surface area contributed by atoms with Gasteiger partial charge in [-0.15, -0.1) is 11.8 Å². The van der Waals surface area contributed by atoms with Crippen molar-refractivity contribution in [2.75, 3.05) is 10.6 Å². The van der Waals surface area contributed by atoms with Crippen molar-refractivity contribution in [3.63, 3.8) is 0 Å². The van der Waals surface area contributed by atoms with Crippen LogP contribution in [-0.4, -0.2) is 17.7 Å². The second kappa shape index (κ2) is 15.5. The SMILES string of the molecule is O=C(Nc1ccc(SC(C(=O)Nc2cccc3ccccc23)c2ccccc2)cc1)/C(=C/c1c(F)cccc1Cl)NC(=O)c1ccccc1. The molecule has 0 aliphatic carbocycles. The highest BCUT2D eigenvalue weighted by molar-refractivity contribution is 8.00. The van der Waals surface area contributed by atoms with E-state index in [0.717, 1.165) is 26.9 Å². The average molecular weight is 686 g/mol. The highest BCUT2D eigenvalue weighted by Crippen LogP contribution is 2.37. The van der Waals surface area contributed by atoms with Crippen LogP contribution in [-0.2, 0) is 9.59 Å². The molecule has 1 unspecified atom stereocenters. The maximum absolute atomic E-state index is 14.7. The fourth-order valence-electron chi connectivity index (χ4n) is 5.12. The molecule has 6 rings (SSSR count). The summed E-state index contributed by atoms with van der Waals surface area (Å²) in [5.74, 6) is -2.05. The van der Waals surface area contributed by atoms with Gasteiger partial charge in [0.05, 0.1) is 5.02 Å². The molecule has 49 heavy (non-hydrogen) atoms. The lowest BCUT2D eigenvalue weighted by atomic mass is 10.1. The van der Waals surface area contributed by atoms with Crippen LogP contribution in [0.1, 0.15) is 26.7 Å². The average Bonchev–Trinajstić information content (AvgIpc) is 3.13. The van der Waals surface area contributed by atoms with E-state index in [-0.39, 0.29) is 22.2 Å². The van der Waals surface area contributed by atoms with Crippen molar-refractivity contribution in [1.29, 1.82) is 0 Å². The number of thioether (sulfide) groups is 1. The number of nitrogens with one attached hydrogen (secondary N) is 3. The first kappa shape index (κ1) is 33.2. The zero-order valence-corrected chi connectivity index (χ0v) is 27.5. The molecule has 0 radical (unpaired) electrons. The molecule has 0 aromatic heterocycles. The Hall–Kier alpha value is -5.70. The Morgan fingerprint density at radius 2 is 1.35 bits per heavy atom. The summed E-state index contributed by atoms with van der Waals surface area (Å²) in [4.78, 5) is 41.0. The van der Waals surface area contributed by atoms with E-state index in [1.165, 1.54) is 36.0 Å². The Morgan fingerprint density at radius 3 is 2.08 bits per heavy atom. The van der Waals surface area contributed by atoms with E-state index in [2.05, 4.69) is 16.0 Å². The second-order valence-electron chi connectivity index (χ2n) is 10.9. The van der Waals surface area contributed by atoms with E-state index < -0.39 is 22.9 Å². The van der Waals surface area contributed by atoms with Crippen molar-refractivity contribution in [3.05, 3.63) is 179 Å². The predicted octanol–water partition coefficient (Wildman–Crippen LogP) is 9.51. The van der Waals surface area contributed by atoms with Crippen molar-refractivity contribution in [1.82, 2.24) is 5.32 Å². The summed E-state index contributed by atoms with van der Waals surface area (Å²) in [6.07, 6.45) is 1.21. The molecule has 0 spiro atoms. The topological polar surface area (TPSA) is 87.3 Å². The molecule has 0 fully saturated rings. The molecular weight excluding hydrogens is 657 g/mol. The number of carbonyl (C=O) groups excluding carboxylic acids is 3. The Kier molecular flexibility index (Phi) is 10.5. The molecule has 0 aliphatic heterocycles. The van der Waals surface area contributed by atoms with Gasteiger partial charge in [0.15, 0.2) is 0 Å². The molecule has 6 aromatic rings. The molecular formula is C40H29ClFN3O3S. The van der Waals surface area contributed by atoms with Crippen LogP contribution in [0.15, 0.2) is 156 Å². The summed E-state index contributed by atoms with van der Waals surface area (Å²) in [6, 6.07) is 42.7. The standard InChI is InChI=1S/C40H29ClFN3O3S/c41-33-18-10-19-34(42)32(33)25-36(45-38(46)28-14-5-2-6-15-28)39(47)43-29-21-23-30(24-22-29)49-37(27-12-3-1-4-13-27)40(48)44-35-20-9-16-26-11-7-8-17-31(26)35/h1-25,37H,(H,43,47)(H,44,48)(H,45,46)/b36-25-. The third-order valence-electron chi connectivity index (χ3n) is 7.57. The van der Waals surface area contributed by atoms with Crippen LogP contribution < -0.4 is 16.0 Å². The fourth-order valence-corrected chi connectivity index (χ4v) is 6.36. The molecule has 3 amide bonds.